The molecule has 1 aromatic heterocycles. The van der Waals surface area contributed by atoms with Crippen LogP contribution in [0, 0.1) is 5.92 Å². The fourth-order valence-electron chi connectivity index (χ4n) is 1.55. The molecular weight excluding hydrogens is 184 g/mol. The summed E-state index contributed by atoms with van der Waals surface area (Å²) in [5, 5.41) is 18.1. The van der Waals surface area contributed by atoms with Gasteiger partial charge < -0.3 is 15.7 Å². The summed E-state index contributed by atoms with van der Waals surface area (Å²) in [7, 11) is 0. The van der Waals surface area contributed by atoms with Crippen LogP contribution in [0.4, 0.5) is 10.6 Å². The van der Waals surface area contributed by atoms with Crippen LogP contribution >= 0.6 is 0 Å². The van der Waals surface area contributed by atoms with Crippen LogP contribution in [0.2, 0.25) is 0 Å². The molecule has 2 rings (SSSR count). The number of amides is 1. The smallest absolute Gasteiger partial charge is 0.404 e. The summed E-state index contributed by atoms with van der Waals surface area (Å²) in [6.45, 7) is 2.00. The zero-order chi connectivity index (χ0) is 9.97. The van der Waals surface area contributed by atoms with Gasteiger partial charge in [-0.1, -0.05) is 0 Å². The SMILES string of the molecule is O=C(O)NCC1CNc2ccnn2C1. The summed E-state index contributed by atoms with van der Waals surface area (Å²) in [6, 6.07) is 1.90. The first kappa shape index (κ1) is 8.86. The first-order valence-corrected chi connectivity index (χ1v) is 4.48. The number of rotatable bonds is 2. The summed E-state index contributed by atoms with van der Waals surface area (Å²) >= 11 is 0. The minimum atomic E-state index is -0.976. The lowest BCUT2D eigenvalue weighted by atomic mass is 10.1. The molecule has 76 valence electrons. The summed E-state index contributed by atoms with van der Waals surface area (Å²) < 4.78 is 1.84. The largest absolute Gasteiger partial charge is 0.465 e. The number of fused-ring (bicyclic) bond motifs is 1. The van der Waals surface area contributed by atoms with Gasteiger partial charge in [-0.2, -0.15) is 5.10 Å². The van der Waals surface area contributed by atoms with Crippen LogP contribution in [0.3, 0.4) is 0 Å². The lowest BCUT2D eigenvalue weighted by Crippen LogP contribution is -2.37. The van der Waals surface area contributed by atoms with Gasteiger partial charge in [-0.25, -0.2) is 9.48 Å². The molecule has 0 radical (unpaired) electrons. The molecule has 2 heterocycles. The Balaban J connectivity index is 1.91. The normalized spacial score (nSPS) is 19.6. The molecule has 6 nitrogen and oxygen atoms in total. The first-order chi connectivity index (χ1) is 6.75. The maximum Gasteiger partial charge on any atom is 0.404 e. The molecule has 0 fully saturated rings. The van der Waals surface area contributed by atoms with Crippen LogP contribution in [0.15, 0.2) is 12.3 Å². The van der Waals surface area contributed by atoms with Crippen molar-refractivity contribution in [3.05, 3.63) is 12.3 Å². The molecule has 1 aromatic rings. The fraction of sp³-hybridized carbons (Fsp3) is 0.500. The number of carboxylic acid groups (broad SMARTS) is 1. The maximum absolute atomic E-state index is 10.3. The minimum absolute atomic E-state index is 0.262. The minimum Gasteiger partial charge on any atom is -0.465 e. The van der Waals surface area contributed by atoms with Crippen LogP contribution < -0.4 is 10.6 Å². The third-order valence-electron chi connectivity index (χ3n) is 2.26. The van der Waals surface area contributed by atoms with E-state index in [-0.39, 0.29) is 5.92 Å². The Morgan fingerprint density at radius 3 is 3.50 bits per heavy atom. The second-order valence-electron chi connectivity index (χ2n) is 3.33. The van der Waals surface area contributed by atoms with Crippen molar-refractivity contribution in [3.8, 4) is 0 Å². The van der Waals surface area contributed by atoms with E-state index in [4.69, 9.17) is 5.11 Å². The molecule has 0 aliphatic carbocycles. The van der Waals surface area contributed by atoms with Gasteiger partial charge in [-0.05, 0) is 0 Å². The van der Waals surface area contributed by atoms with E-state index in [9.17, 15) is 4.79 Å². The summed E-state index contributed by atoms with van der Waals surface area (Å²) in [4.78, 5) is 10.3. The molecule has 0 spiro atoms. The molecule has 6 heteroatoms. The quantitative estimate of drug-likeness (QED) is 0.631. The zero-order valence-electron chi connectivity index (χ0n) is 7.60. The number of nitrogens with zero attached hydrogens (tertiary/aromatic N) is 2. The highest BCUT2D eigenvalue weighted by atomic mass is 16.4. The molecule has 0 bridgehead atoms. The molecule has 0 aromatic carbocycles. The van der Waals surface area contributed by atoms with Gasteiger partial charge in [0, 0.05) is 31.6 Å². The van der Waals surface area contributed by atoms with Crippen molar-refractivity contribution in [2.45, 2.75) is 6.54 Å². The van der Waals surface area contributed by atoms with E-state index >= 15 is 0 Å². The number of aromatic nitrogens is 2. The molecule has 1 atom stereocenters. The molecule has 0 saturated carbocycles. The van der Waals surface area contributed by atoms with Gasteiger partial charge in [0.1, 0.15) is 5.82 Å². The van der Waals surface area contributed by atoms with E-state index < -0.39 is 6.09 Å². The number of hydrogen-bond donors (Lipinski definition) is 3. The standard InChI is InChI=1S/C8H12N4O2/c13-8(14)10-4-6-3-9-7-1-2-11-12(7)5-6/h1-2,6,9-10H,3-5H2,(H,13,14). The van der Waals surface area contributed by atoms with Gasteiger partial charge in [0.25, 0.3) is 0 Å². The van der Waals surface area contributed by atoms with Crippen LogP contribution in [0.5, 0.6) is 0 Å². The van der Waals surface area contributed by atoms with E-state index in [0.29, 0.717) is 6.54 Å². The topological polar surface area (TPSA) is 79.2 Å². The van der Waals surface area contributed by atoms with Crippen molar-refractivity contribution in [1.82, 2.24) is 15.1 Å². The monoisotopic (exact) mass is 196 g/mol. The molecular formula is C8H12N4O2. The third-order valence-corrected chi connectivity index (χ3v) is 2.26. The van der Waals surface area contributed by atoms with Gasteiger partial charge in [-0.3, -0.25) is 0 Å². The first-order valence-electron chi connectivity index (χ1n) is 4.48. The lowest BCUT2D eigenvalue weighted by molar-refractivity contribution is 0.191. The van der Waals surface area contributed by atoms with Gasteiger partial charge in [-0.15, -0.1) is 0 Å². The summed E-state index contributed by atoms with van der Waals surface area (Å²) in [6.07, 6.45) is 0.756. The highest BCUT2D eigenvalue weighted by Crippen LogP contribution is 2.15. The maximum atomic E-state index is 10.3. The highest BCUT2D eigenvalue weighted by Gasteiger charge is 2.18. The Hall–Kier alpha value is -1.72. The zero-order valence-corrected chi connectivity index (χ0v) is 7.60. The van der Waals surface area contributed by atoms with E-state index in [0.717, 1.165) is 18.9 Å². The van der Waals surface area contributed by atoms with E-state index in [1.54, 1.807) is 6.20 Å². The van der Waals surface area contributed by atoms with E-state index in [1.807, 2.05) is 10.7 Å². The third kappa shape index (κ3) is 1.78. The van der Waals surface area contributed by atoms with Crippen molar-refractivity contribution < 1.29 is 9.90 Å². The predicted octanol–water partition coefficient (Wildman–Crippen LogP) is 0.192. The predicted molar refractivity (Wildman–Crippen MR) is 50.2 cm³/mol. The van der Waals surface area contributed by atoms with Crippen molar-refractivity contribution >= 4 is 11.9 Å². The van der Waals surface area contributed by atoms with Crippen LogP contribution in [-0.4, -0.2) is 34.1 Å². The van der Waals surface area contributed by atoms with Gasteiger partial charge >= 0.3 is 6.09 Å². The van der Waals surface area contributed by atoms with Crippen molar-refractivity contribution in [2.24, 2.45) is 5.92 Å². The number of anilines is 1. The Bertz CT molecular complexity index is 336. The summed E-state index contributed by atoms with van der Waals surface area (Å²) in [5.41, 5.74) is 0. The second kappa shape index (κ2) is 3.57. The highest BCUT2D eigenvalue weighted by molar-refractivity contribution is 5.64. The molecule has 1 unspecified atom stereocenters. The second-order valence-corrected chi connectivity index (χ2v) is 3.33. The number of hydrogen-bond acceptors (Lipinski definition) is 3. The lowest BCUT2D eigenvalue weighted by Gasteiger charge is -2.24. The Labute approximate surface area is 80.9 Å². The average molecular weight is 196 g/mol. The molecule has 1 aliphatic rings. The van der Waals surface area contributed by atoms with Crippen LogP contribution in [0.1, 0.15) is 0 Å². The van der Waals surface area contributed by atoms with Gasteiger partial charge in [0.15, 0.2) is 0 Å². The van der Waals surface area contributed by atoms with Crippen LogP contribution in [0.25, 0.3) is 0 Å². The Morgan fingerprint density at radius 2 is 2.71 bits per heavy atom. The van der Waals surface area contributed by atoms with Crippen molar-refractivity contribution in [2.75, 3.05) is 18.4 Å². The van der Waals surface area contributed by atoms with Crippen molar-refractivity contribution in [1.29, 1.82) is 0 Å². The van der Waals surface area contributed by atoms with Crippen LogP contribution in [-0.2, 0) is 6.54 Å². The number of carbonyl (C=O) groups is 1. The molecule has 1 aliphatic heterocycles. The summed E-state index contributed by atoms with van der Waals surface area (Å²) in [5.74, 6) is 1.26. The molecule has 0 saturated heterocycles. The molecule has 14 heavy (non-hydrogen) atoms. The Kier molecular flexibility index (Phi) is 2.26. The van der Waals surface area contributed by atoms with E-state index in [2.05, 4.69) is 15.7 Å². The van der Waals surface area contributed by atoms with Gasteiger partial charge in [0.05, 0.1) is 6.20 Å². The Morgan fingerprint density at radius 1 is 1.86 bits per heavy atom. The van der Waals surface area contributed by atoms with E-state index in [1.165, 1.54) is 0 Å². The van der Waals surface area contributed by atoms with Crippen molar-refractivity contribution in [3.63, 3.8) is 0 Å². The number of nitrogens with one attached hydrogen (secondary N) is 2. The molecule has 1 amide bonds. The fourth-order valence-corrected chi connectivity index (χ4v) is 1.55. The average Bonchev–Trinajstić information content (AvgIpc) is 2.61. The molecule has 3 N–H and O–H groups in total. The van der Waals surface area contributed by atoms with Gasteiger partial charge in [0.2, 0.25) is 0 Å².